The normalized spacial score (nSPS) is 12.8. The Bertz CT molecular complexity index is 1610. The molecule has 4 aromatic carbocycles. The summed E-state index contributed by atoms with van der Waals surface area (Å²) in [4.78, 5) is 17.7. The summed E-state index contributed by atoms with van der Waals surface area (Å²) in [5.41, 5.74) is 9.37. The summed E-state index contributed by atoms with van der Waals surface area (Å²) in [6.45, 7) is 11.2. The number of aryl methyl sites for hydroxylation is 2. The van der Waals surface area contributed by atoms with Crippen molar-refractivity contribution in [3.05, 3.63) is 118 Å². The molecule has 1 aliphatic carbocycles. The highest BCUT2D eigenvalue weighted by molar-refractivity contribution is 7.99. The fourth-order valence-electron chi connectivity index (χ4n) is 6.00. The summed E-state index contributed by atoms with van der Waals surface area (Å²) in [6.07, 6.45) is 9.01. The van der Waals surface area contributed by atoms with E-state index in [1.54, 1.807) is 11.8 Å². The van der Waals surface area contributed by atoms with Gasteiger partial charge in [0.2, 0.25) is 0 Å². The van der Waals surface area contributed by atoms with Gasteiger partial charge in [0, 0.05) is 32.0 Å². The fraction of sp³-hybridized carbons (Fsp3) is 0.350. The van der Waals surface area contributed by atoms with Crippen molar-refractivity contribution in [2.24, 2.45) is 0 Å². The summed E-state index contributed by atoms with van der Waals surface area (Å²) in [6, 6.07) is 28.1. The van der Waals surface area contributed by atoms with Crippen LogP contribution in [-0.2, 0) is 18.3 Å². The molecule has 4 aromatic rings. The van der Waals surface area contributed by atoms with E-state index < -0.39 is 0 Å². The minimum atomic E-state index is 0.0893. The van der Waals surface area contributed by atoms with Gasteiger partial charge in [0.25, 0.3) is 0 Å². The minimum Gasteiger partial charge on any atom is -0.288 e. The Hall–Kier alpha value is -3.01. The summed E-state index contributed by atoms with van der Waals surface area (Å²) in [5, 5.41) is 0. The Morgan fingerprint density at radius 2 is 1.23 bits per heavy atom. The molecule has 43 heavy (non-hydrogen) atoms. The molecular formula is C40H44OS2. The second-order valence-electron chi connectivity index (χ2n) is 12.9. The molecule has 0 fully saturated rings. The van der Waals surface area contributed by atoms with E-state index in [4.69, 9.17) is 12.2 Å². The van der Waals surface area contributed by atoms with Crippen molar-refractivity contribution in [3.8, 4) is 11.1 Å². The van der Waals surface area contributed by atoms with Crippen molar-refractivity contribution in [1.82, 2.24) is 0 Å². The lowest BCUT2D eigenvalue weighted by Crippen LogP contribution is -2.23. The molecule has 0 N–H and O–H groups in total. The number of hydrogen-bond acceptors (Lipinski definition) is 3. The zero-order valence-electron chi connectivity index (χ0n) is 26.4. The Morgan fingerprint density at radius 3 is 1.81 bits per heavy atom. The maximum Gasteiger partial charge on any atom is 0.196 e. The monoisotopic (exact) mass is 604 g/mol. The lowest BCUT2D eigenvalue weighted by Gasteiger charge is -2.26. The smallest absolute Gasteiger partial charge is 0.196 e. The Labute approximate surface area is 268 Å². The second kappa shape index (κ2) is 13.7. The molecule has 0 bridgehead atoms. The first-order valence-electron chi connectivity index (χ1n) is 16.0. The van der Waals surface area contributed by atoms with Gasteiger partial charge in [0.1, 0.15) is 0 Å². The number of carbonyl (C=O) groups is 1. The first-order valence-corrected chi connectivity index (χ1v) is 17.2. The highest BCUT2D eigenvalue weighted by Gasteiger charge is 2.33. The summed E-state index contributed by atoms with van der Waals surface area (Å²) < 4.78 is 0. The lowest BCUT2D eigenvalue weighted by molar-refractivity contribution is 0.103. The molecule has 0 amide bonds. The highest BCUT2D eigenvalue weighted by atomic mass is 32.2. The Morgan fingerprint density at radius 1 is 0.674 bits per heavy atom. The molecule has 0 aliphatic heterocycles. The summed E-state index contributed by atoms with van der Waals surface area (Å²) in [5.74, 6) is 0.0893. The van der Waals surface area contributed by atoms with E-state index in [1.807, 2.05) is 6.07 Å². The van der Waals surface area contributed by atoms with Crippen molar-refractivity contribution in [1.29, 1.82) is 0 Å². The van der Waals surface area contributed by atoms with Crippen LogP contribution in [0.2, 0.25) is 0 Å². The van der Waals surface area contributed by atoms with E-state index in [1.165, 1.54) is 42.4 Å². The third kappa shape index (κ3) is 7.05. The maximum absolute atomic E-state index is 14.7. The van der Waals surface area contributed by atoms with Crippen LogP contribution in [0.25, 0.3) is 11.1 Å². The summed E-state index contributed by atoms with van der Waals surface area (Å²) in [7, 11) is 0. The van der Waals surface area contributed by atoms with Crippen LogP contribution >= 0.6 is 24.0 Å². The predicted octanol–water partition coefficient (Wildman–Crippen LogP) is 11.6. The zero-order chi connectivity index (χ0) is 30.6. The zero-order valence-corrected chi connectivity index (χ0v) is 28.0. The van der Waals surface area contributed by atoms with Gasteiger partial charge >= 0.3 is 0 Å². The number of hydrogen-bond donors (Lipinski definition) is 0. The molecule has 5 rings (SSSR count). The largest absolute Gasteiger partial charge is 0.288 e. The van der Waals surface area contributed by atoms with Crippen molar-refractivity contribution < 1.29 is 4.79 Å². The Balaban J connectivity index is 1.65. The number of unbranched alkanes of at least 4 members (excludes halogenated alkanes) is 4. The highest BCUT2D eigenvalue weighted by Crippen LogP contribution is 2.42. The van der Waals surface area contributed by atoms with Crippen LogP contribution in [0.3, 0.4) is 0 Å². The first-order chi connectivity index (χ1) is 20.7. The molecule has 1 aliphatic rings. The fourth-order valence-corrected chi connectivity index (χ4v) is 7.37. The average molecular weight is 605 g/mol. The maximum atomic E-state index is 14.7. The molecule has 0 unspecified atom stereocenters. The van der Waals surface area contributed by atoms with Crippen LogP contribution in [0.5, 0.6) is 0 Å². The topological polar surface area (TPSA) is 17.1 Å². The van der Waals surface area contributed by atoms with Gasteiger partial charge in [-0.15, -0.1) is 0 Å². The lowest BCUT2D eigenvalue weighted by atomic mass is 9.79. The van der Waals surface area contributed by atoms with Gasteiger partial charge < -0.3 is 0 Å². The SMILES string of the molecule is CCCCCc1cc(Sc2ccc(C(C)(C)C)cc2)c2c(c1)C(=S)c1cc(CCCCC)cc(-c3ccccc3)c1C2=O. The van der Waals surface area contributed by atoms with Crippen LogP contribution in [0.15, 0.2) is 88.7 Å². The van der Waals surface area contributed by atoms with Crippen molar-refractivity contribution in [2.45, 2.75) is 101 Å². The molecule has 0 saturated heterocycles. The standard InChI is InChI=1S/C40H44OS2/c1-6-8-11-15-27-23-32(29-17-13-10-14-18-29)36-33(24-27)39(42)34-25-28(16-12-9-7-2)26-35(37(34)38(36)41)43-31-21-19-30(20-22-31)40(3,4)5/h10,13-14,17-26H,6-9,11-12,15-16H2,1-5H3. The first kappa shape index (κ1) is 31.4. The Kier molecular flexibility index (Phi) is 10.0. The van der Waals surface area contributed by atoms with E-state index in [9.17, 15) is 4.79 Å². The summed E-state index contributed by atoms with van der Waals surface area (Å²) >= 11 is 7.98. The van der Waals surface area contributed by atoms with Gasteiger partial charge in [0.05, 0.1) is 4.86 Å². The van der Waals surface area contributed by atoms with Gasteiger partial charge in [0.15, 0.2) is 5.78 Å². The molecule has 0 spiro atoms. The molecule has 1 nitrogen and oxygen atoms in total. The van der Waals surface area contributed by atoms with E-state index >= 15 is 0 Å². The van der Waals surface area contributed by atoms with E-state index in [2.05, 4.69) is 107 Å². The van der Waals surface area contributed by atoms with Gasteiger partial charge in [-0.1, -0.05) is 133 Å². The molecule has 3 heteroatoms. The van der Waals surface area contributed by atoms with Crippen LogP contribution in [0.4, 0.5) is 0 Å². The molecular weight excluding hydrogens is 561 g/mol. The van der Waals surface area contributed by atoms with E-state index in [-0.39, 0.29) is 11.2 Å². The molecule has 0 aromatic heterocycles. The van der Waals surface area contributed by atoms with E-state index in [0.29, 0.717) is 0 Å². The van der Waals surface area contributed by atoms with Crippen LogP contribution in [-0.4, -0.2) is 10.6 Å². The molecule has 0 heterocycles. The van der Waals surface area contributed by atoms with Gasteiger partial charge in [-0.25, -0.2) is 0 Å². The average Bonchev–Trinajstić information content (AvgIpc) is 3.00. The van der Waals surface area contributed by atoms with Gasteiger partial charge in [-0.2, -0.15) is 0 Å². The number of thiocarbonyl (C=S) groups is 1. The van der Waals surface area contributed by atoms with Crippen molar-refractivity contribution in [3.63, 3.8) is 0 Å². The van der Waals surface area contributed by atoms with E-state index in [0.717, 1.165) is 73.7 Å². The molecule has 0 atom stereocenters. The second-order valence-corrected chi connectivity index (χ2v) is 14.4. The number of rotatable bonds is 11. The van der Waals surface area contributed by atoms with Gasteiger partial charge in [-0.3, -0.25) is 4.79 Å². The number of ketones is 1. The third-order valence-corrected chi connectivity index (χ3v) is 9.96. The number of fused-ring (bicyclic) bond motifs is 2. The molecule has 0 radical (unpaired) electrons. The quantitative estimate of drug-likeness (QED) is 0.110. The number of carbonyl (C=O) groups excluding carboxylic acids is 1. The van der Waals surface area contributed by atoms with Crippen molar-refractivity contribution >= 4 is 34.6 Å². The minimum absolute atomic E-state index is 0.0893. The van der Waals surface area contributed by atoms with Gasteiger partial charge in [-0.05, 0) is 89.2 Å². The van der Waals surface area contributed by atoms with Crippen LogP contribution < -0.4 is 0 Å². The predicted molar refractivity (Wildman–Crippen MR) is 188 cm³/mol. The number of benzene rings is 4. The van der Waals surface area contributed by atoms with Crippen LogP contribution in [0.1, 0.15) is 117 Å². The molecule has 222 valence electrons. The van der Waals surface area contributed by atoms with Crippen molar-refractivity contribution in [2.75, 3.05) is 0 Å². The molecule has 0 saturated carbocycles. The van der Waals surface area contributed by atoms with Crippen LogP contribution in [0, 0.1) is 0 Å². The third-order valence-electron chi connectivity index (χ3n) is 8.47.